The van der Waals surface area contributed by atoms with Crippen LogP contribution in [0.2, 0.25) is 0 Å². The normalized spacial score (nSPS) is 17.5. The van der Waals surface area contributed by atoms with Crippen molar-refractivity contribution in [1.29, 1.82) is 0 Å². The lowest BCUT2D eigenvalue weighted by molar-refractivity contribution is -0.0877. The SMILES string of the molecule is CC(OC(C)(C)C)[C@H](CO)CF. The molecule has 0 saturated carbocycles. The first-order chi connectivity index (χ1) is 5.40. The molecular formula is C9H19FO2. The number of rotatable bonds is 4. The zero-order valence-corrected chi connectivity index (χ0v) is 8.30. The quantitative estimate of drug-likeness (QED) is 0.711. The third-order valence-electron chi connectivity index (χ3n) is 1.64. The highest BCUT2D eigenvalue weighted by Crippen LogP contribution is 2.16. The average Bonchev–Trinajstić information content (AvgIpc) is 1.85. The van der Waals surface area contributed by atoms with Gasteiger partial charge in [0, 0.05) is 5.92 Å². The number of halogens is 1. The van der Waals surface area contributed by atoms with E-state index >= 15 is 0 Å². The van der Waals surface area contributed by atoms with Gasteiger partial charge in [-0.2, -0.15) is 0 Å². The molecule has 1 unspecified atom stereocenters. The van der Waals surface area contributed by atoms with E-state index in [1.165, 1.54) is 0 Å². The van der Waals surface area contributed by atoms with E-state index in [4.69, 9.17) is 9.84 Å². The van der Waals surface area contributed by atoms with Crippen molar-refractivity contribution < 1.29 is 14.2 Å². The van der Waals surface area contributed by atoms with E-state index in [2.05, 4.69) is 0 Å². The number of ether oxygens (including phenoxy) is 1. The highest BCUT2D eigenvalue weighted by atomic mass is 19.1. The summed E-state index contributed by atoms with van der Waals surface area (Å²) < 4.78 is 17.7. The Morgan fingerprint density at radius 2 is 1.92 bits per heavy atom. The Morgan fingerprint density at radius 3 is 2.17 bits per heavy atom. The maximum Gasteiger partial charge on any atom is 0.0969 e. The summed E-state index contributed by atoms with van der Waals surface area (Å²) in [4.78, 5) is 0. The Kier molecular flexibility index (Phi) is 4.71. The van der Waals surface area contributed by atoms with Crippen LogP contribution >= 0.6 is 0 Å². The summed E-state index contributed by atoms with van der Waals surface area (Å²) in [5.41, 5.74) is -0.276. The van der Waals surface area contributed by atoms with Gasteiger partial charge in [0.2, 0.25) is 0 Å². The lowest BCUT2D eigenvalue weighted by atomic mass is 10.1. The summed E-state index contributed by atoms with van der Waals surface area (Å²) in [5, 5.41) is 8.77. The van der Waals surface area contributed by atoms with Crippen LogP contribution in [0.3, 0.4) is 0 Å². The van der Waals surface area contributed by atoms with Crippen molar-refractivity contribution in [2.24, 2.45) is 5.92 Å². The summed E-state index contributed by atoms with van der Waals surface area (Å²) in [6.07, 6.45) is -0.236. The van der Waals surface area contributed by atoms with Crippen LogP contribution in [0.15, 0.2) is 0 Å². The van der Waals surface area contributed by atoms with E-state index in [1.807, 2.05) is 20.8 Å². The molecule has 0 bridgehead atoms. The van der Waals surface area contributed by atoms with Crippen molar-refractivity contribution in [2.75, 3.05) is 13.3 Å². The molecular weight excluding hydrogens is 159 g/mol. The smallest absolute Gasteiger partial charge is 0.0969 e. The maximum absolute atomic E-state index is 12.2. The van der Waals surface area contributed by atoms with E-state index in [0.29, 0.717) is 0 Å². The summed E-state index contributed by atoms with van der Waals surface area (Å²) in [5.74, 6) is -0.399. The lowest BCUT2D eigenvalue weighted by Crippen LogP contribution is -2.33. The Hall–Kier alpha value is -0.150. The van der Waals surface area contributed by atoms with Gasteiger partial charge in [-0.15, -0.1) is 0 Å². The van der Waals surface area contributed by atoms with Gasteiger partial charge in [-0.3, -0.25) is 4.39 Å². The number of aliphatic hydroxyl groups is 1. The standard InChI is InChI=1S/C9H19FO2/c1-7(8(5-10)6-11)12-9(2,3)4/h7-8,11H,5-6H2,1-4H3/t7?,8-/m0/s1. The van der Waals surface area contributed by atoms with Crippen molar-refractivity contribution in [3.63, 3.8) is 0 Å². The Bertz CT molecular complexity index is 116. The molecule has 0 aromatic carbocycles. The molecule has 0 aliphatic carbocycles. The minimum Gasteiger partial charge on any atom is -0.396 e. The Labute approximate surface area is 73.7 Å². The van der Waals surface area contributed by atoms with Crippen molar-refractivity contribution in [3.05, 3.63) is 0 Å². The second-order valence-corrected chi connectivity index (χ2v) is 4.03. The Balaban J connectivity index is 3.92. The maximum atomic E-state index is 12.2. The lowest BCUT2D eigenvalue weighted by Gasteiger charge is -2.28. The summed E-state index contributed by atoms with van der Waals surface area (Å²) in [6.45, 7) is 6.83. The van der Waals surface area contributed by atoms with E-state index in [9.17, 15) is 4.39 Å². The van der Waals surface area contributed by atoms with Crippen LogP contribution in [0.5, 0.6) is 0 Å². The fourth-order valence-corrected chi connectivity index (χ4v) is 0.977. The van der Waals surface area contributed by atoms with E-state index in [-0.39, 0.29) is 18.3 Å². The molecule has 0 aromatic heterocycles. The molecule has 2 atom stereocenters. The number of aliphatic hydroxyl groups excluding tert-OH is 1. The molecule has 0 saturated heterocycles. The monoisotopic (exact) mass is 178 g/mol. The highest BCUT2D eigenvalue weighted by molar-refractivity contribution is 4.69. The molecule has 0 aliphatic rings. The van der Waals surface area contributed by atoms with E-state index in [0.717, 1.165) is 0 Å². The highest BCUT2D eigenvalue weighted by Gasteiger charge is 2.22. The van der Waals surface area contributed by atoms with Crippen molar-refractivity contribution in [1.82, 2.24) is 0 Å². The molecule has 0 rings (SSSR count). The molecule has 0 radical (unpaired) electrons. The van der Waals surface area contributed by atoms with Gasteiger partial charge in [-0.05, 0) is 27.7 Å². The number of hydrogen-bond donors (Lipinski definition) is 1. The molecule has 0 fully saturated rings. The number of hydrogen-bond acceptors (Lipinski definition) is 2. The molecule has 1 N–H and O–H groups in total. The molecule has 0 heterocycles. The third kappa shape index (κ3) is 4.67. The first-order valence-electron chi connectivity index (χ1n) is 4.25. The van der Waals surface area contributed by atoms with E-state index < -0.39 is 12.6 Å². The second kappa shape index (κ2) is 4.77. The molecule has 0 aliphatic heterocycles. The van der Waals surface area contributed by atoms with Crippen molar-refractivity contribution in [2.45, 2.75) is 39.4 Å². The molecule has 0 spiro atoms. The predicted molar refractivity (Wildman–Crippen MR) is 46.9 cm³/mol. The molecule has 3 heteroatoms. The van der Waals surface area contributed by atoms with Crippen molar-refractivity contribution in [3.8, 4) is 0 Å². The summed E-state index contributed by atoms with van der Waals surface area (Å²) in [6, 6.07) is 0. The molecule has 0 aromatic rings. The van der Waals surface area contributed by atoms with Gasteiger partial charge in [0.25, 0.3) is 0 Å². The topological polar surface area (TPSA) is 29.5 Å². The van der Waals surface area contributed by atoms with Crippen LogP contribution in [-0.4, -0.2) is 30.1 Å². The van der Waals surface area contributed by atoms with Gasteiger partial charge in [0.05, 0.1) is 25.0 Å². The molecule has 74 valence electrons. The summed E-state index contributed by atoms with van der Waals surface area (Å²) in [7, 11) is 0. The van der Waals surface area contributed by atoms with Crippen molar-refractivity contribution >= 4 is 0 Å². The zero-order valence-electron chi connectivity index (χ0n) is 8.30. The second-order valence-electron chi connectivity index (χ2n) is 4.03. The van der Waals surface area contributed by atoms with Gasteiger partial charge in [0.15, 0.2) is 0 Å². The van der Waals surface area contributed by atoms with E-state index in [1.54, 1.807) is 6.92 Å². The minimum absolute atomic E-state index is 0.159. The fraction of sp³-hybridized carbons (Fsp3) is 1.00. The van der Waals surface area contributed by atoms with Gasteiger partial charge in [0.1, 0.15) is 0 Å². The molecule has 0 amide bonds. The number of alkyl halides is 1. The van der Waals surface area contributed by atoms with Crippen LogP contribution in [0.25, 0.3) is 0 Å². The average molecular weight is 178 g/mol. The van der Waals surface area contributed by atoms with Gasteiger partial charge in [-0.25, -0.2) is 0 Å². The molecule has 2 nitrogen and oxygen atoms in total. The predicted octanol–water partition coefficient (Wildman–Crippen LogP) is 1.77. The van der Waals surface area contributed by atoms with Gasteiger partial charge in [-0.1, -0.05) is 0 Å². The summed E-state index contributed by atoms with van der Waals surface area (Å²) >= 11 is 0. The third-order valence-corrected chi connectivity index (χ3v) is 1.64. The van der Waals surface area contributed by atoms with Crippen LogP contribution in [0.4, 0.5) is 4.39 Å². The van der Waals surface area contributed by atoms with Crippen LogP contribution < -0.4 is 0 Å². The minimum atomic E-state index is -0.534. The van der Waals surface area contributed by atoms with Gasteiger partial charge < -0.3 is 9.84 Å². The largest absolute Gasteiger partial charge is 0.396 e. The fourth-order valence-electron chi connectivity index (χ4n) is 0.977. The van der Waals surface area contributed by atoms with Crippen LogP contribution in [0, 0.1) is 5.92 Å². The molecule has 12 heavy (non-hydrogen) atoms. The Morgan fingerprint density at radius 1 is 1.42 bits per heavy atom. The van der Waals surface area contributed by atoms with Crippen LogP contribution in [-0.2, 0) is 4.74 Å². The van der Waals surface area contributed by atoms with Crippen LogP contribution in [0.1, 0.15) is 27.7 Å². The first-order valence-corrected chi connectivity index (χ1v) is 4.25. The van der Waals surface area contributed by atoms with Gasteiger partial charge >= 0.3 is 0 Å². The zero-order chi connectivity index (χ0) is 9.78. The first kappa shape index (κ1) is 11.8.